The van der Waals surface area contributed by atoms with Crippen molar-refractivity contribution in [3.63, 3.8) is 0 Å². The molecule has 0 radical (unpaired) electrons. The van der Waals surface area contributed by atoms with Gasteiger partial charge in [0.25, 0.3) is 0 Å². The summed E-state index contributed by atoms with van der Waals surface area (Å²) in [5.74, 6) is 0.360. The van der Waals surface area contributed by atoms with Crippen molar-refractivity contribution in [3.8, 4) is 0 Å². The van der Waals surface area contributed by atoms with Crippen LogP contribution in [0, 0.1) is 5.92 Å². The van der Waals surface area contributed by atoms with Crippen LogP contribution in [-0.2, 0) is 9.16 Å². The lowest BCUT2D eigenvalue weighted by atomic mass is 9.82. The summed E-state index contributed by atoms with van der Waals surface area (Å²) in [5, 5.41) is 0.234. The molecule has 0 bridgehead atoms. The quantitative estimate of drug-likeness (QED) is 0.581. The van der Waals surface area contributed by atoms with Gasteiger partial charge in [0.05, 0.1) is 17.7 Å². The molecule has 0 aliphatic carbocycles. The van der Waals surface area contributed by atoms with E-state index in [9.17, 15) is 0 Å². The Kier molecular flexibility index (Phi) is 4.81. The van der Waals surface area contributed by atoms with E-state index in [4.69, 9.17) is 9.16 Å². The second kappa shape index (κ2) is 5.38. The van der Waals surface area contributed by atoms with Crippen LogP contribution in [0.1, 0.15) is 41.0 Å². The zero-order valence-electron chi connectivity index (χ0n) is 14.0. The molecule has 1 rings (SSSR count). The Balaban J connectivity index is 2.95. The molecular weight excluding hydrogens is 251 g/mol. The Labute approximate surface area is 121 Å². The number of rotatable bonds is 4. The van der Waals surface area contributed by atoms with E-state index < -0.39 is 8.32 Å². The Hall–Kier alpha value is -0.0582. The summed E-state index contributed by atoms with van der Waals surface area (Å²) >= 11 is 0. The molecule has 1 unspecified atom stereocenters. The molecule has 19 heavy (non-hydrogen) atoms. The molecular formula is C15H31BO2Si. The molecule has 1 fully saturated rings. The van der Waals surface area contributed by atoms with E-state index in [1.165, 1.54) is 0 Å². The van der Waals surface area contributed by atoms with E-state index in [-0.39, 0.29) is 22.7 Å². The molecule has 0 spiro atoms. The number of hydrogen-bond donors (Lipinski definition) is 0. The van der Waals surface area contributed by atoms with Crippen molar-refractivity contribution in [1.82, 2.24) is 0 Å². The van der Waals surface area contributed by atoms with Gasteiger partial charge in [0.15, 0.2) is 8.32 Å². The maximum Gasteiger partial charge on any atom is 0.192 e. The van der Waals surface area contributed by atoms with Gasteiger partial charge < -0.3 is 9.16 Å². The van der Waals surface area contributed by atoms with Gasteiger partial charge in [0.2, 0.25) is 0 Å². The first-order chi connectivity index (χ1) is 8.50. The summed E-state index contributed by atoms with van der Waals surface area (Å²) < 4.78 is 12.8. The third-order valence-electron chi connectivity index (χ3n) is 5.27. The first-order valence-corrected chi connectivity index (χ1v) is 10.4. The van der Waals surface area contributed by atoms with Crippen LogP contribution < -0.4 is 0 Å². The van der Waals surface area contributed by atoms with Gasteiger partial charge in [-0.3, -0.25) is 0 Å². The third kappa shape index (κ3) is 3.01. The van der Waals surface area contributed by atoms with Crippen molar-refractivity contribution in [1.29, 1.82) is 0 Å². The molecule has 0 saturated carbocycles. The van der Waals surface area contributed by atoms with Gasteiger partial charge in [-0.25, -0.2) is 0 Å². The normalized spacial score (nSPS) is 36.5. The van der Waals surface area contributed by atoms with Crippen LogP contribution in [0.3, 0.4) is 0 Å². The van der Waals surface area contributed by atoms with Gasteiger partial charge >= 0.3 is 0 Å². The minimum atomic E-state index is -1.76. The van der Waals surface area contributed by atoms with Crippen LogP contribution in [0.5, 0.6) is 0 Å². The van der Waals surface area contributed by atoms with Crippen LogP contribution >= 0.6 is 0 Å². The standard InChI is InChI=1S/C15H31BO2Si/c1-9-15(10-2)11(3)12(13(16)17-15)18-19(7,8)14(4,5)6/h9,11-13H,1,10,16H2,2-8H3/t11?,12-,13+,15+/m0/s1. The summed E-state index contributed by atoms with van der Waals surface area (Å²) in [6.45, 7) is 19.9. The van der Waals surface area contributed by atoms with Gasteiger partial charge in [-0.05, 0) is 24.6 Å². The first-order valence-electron chi connectivity index (χ1n) is 7.50. The fourth-order valence-electron chi connectivity index (χ4n) is 2.70. The van der Waals surface area contributed by atoms with E-state index >= 15 is 0 Å². The molecule has 1 aliphatic heterocycles. The Morgan fingerprint density at radius 3 is 2.26 bits per heavy atom. The highest BCUT2D eigenvalue weighted by Crippen LogP contribution is 2.44. The molecule has 110 valence electrons. The summed E-state index contributed by atoms with van der Waals surface area (Å²) in [5.41, 5.74) is -0.216. The fraction of sp³-hybridized carbons (Fsp3) is 0.867. The molecule has 1 saturated heterocycles. The third-order valence-corrected chi connectivity index (χ3v) is 9.74. The highest BCUT2D eigenvalue weighted by Gasteiger charge is 2.51. The Morgan fingerprint density at radius 1 is 1.42 bits per heavy atom. The monoisotopic (exact) mass is 282 g/mol. The first kappa shape index (κ1) is 17.0. The summed E-state index contributed by atoms with van der Waals surface area (Å²) in [6, 6.07) is 0.141. The minimum absolute atomic E-state index is 0.141. The van der Waals surface area contributed by atoms with E-state index in [1.807, 2.05) is 6.08 Å². The van der Waals surface area contributed by atoms with Crippen LogP contribution in [0.25, 0.3) is 0 Å². The second-order valence-corrected chi connectivity index (χ2v) is 12.2. The molecule has 4 atom stereocenters. The van der Waals surface area contributed by atoms with E-state index in [0.717, 1.165) is 6.42 Å². The van der Waals surface area contributed by atoms with Crippen molar-refractivity contribution >= 4 is 16.2 Å². The number of ether oxygens (including phenoxy) is 1. The molecule has 4 heteroatoms. The molecule has 0 aromatic heterocycles. The largest absolute Gasteiger partial charge is 0.412 e. The molecule has 0 aromatic carbocycles. The predicted octanol–water partition coefficient (Wildman–Crippen LogP) is 3.34. The van der Waals surface area contributed by atoms with Crippen molar-refractivity contribution in [2.45, 2.75) is 76.9 Å². The van der Waals surface area contributed by atoms with E-state index in [2.05, 4.69) is 62.1 Å². The maximum atomic E-state index is 6.61. The SMILES string of the molecule is B[C@@H]1O[C@](C=C)(CC)C(C)[C@@H]1O[Si](C)(C)C(C)(C)C. The van der Waals surface area contributed by atoms with Gasteiger partial charge in [0.1, 0.15) is 7.85 Å². The van der Waals surface area contributed by atoms with Gasteiger partial charge in [0, 0.05) is 5.92 Å². The Bertz CT molecular complexity index is 338. The zero-order valence-corrected chi connectivity index (χ0v) is 15.0. The number of hydrogen-bond acceptors (Lipinski definition) is 2. The smallest absolute Gasteiger partial charge is 0.192 e. The fourth-order valence-corrected chi connectivity index (χ4v) is 4.13. The van der Waals surface area contributed by atoms with E-state index in [0.29, 0.717) is 5.92 Å². The van der Waals surface area contributed by atoms with Crippen molar-refractivity contribution in [2.75, 3.05) is 0 Å². The maximum absolute atomic E-state index is 6.61. The lowest BCUT2D eigenvalue weighted by Gasteiger charge is -2.40. The van der Waals surface area contributed by atoms with Crippen molar-refractivity contribution in [2.24, 2.45) is 5.92 Å². The predicted molar refractivity (Wildman–Crippen MR) is 87.9 cm³/mol. The van der Waals surface area contributed by atoms with Crippen LogP contribution in [0.2, 0.25) is 18.1 Å². The van der Waals surface area contributed by atoms with Crippen LogP contribution in [0.15, 0.2) is 12.7 Å². The summed E-state index contributed by atoms with van der Waals surface area (Å²) in [7, 11) is 0.378. The second-order valence-electron chi connectivity index (χ2n) is 7.47. The van der Waals surface area contributed by atoms with Gasteiger partial charge in [-0.15, -0.1) is 6.58 Å². The van der Waals surface area contributed by atoms with Gasteiger partial charge in [-0.1, -0.05) is 40.7 Å². The molecule has 0 amide bonds. The minimum Gasteiger partial charge on any atom is -0.412 e. The topological polar surface area (TPSA) is 18.5 Å². The highest BCUT2D eigenvalue weighted by atomic mass is 28.4. The molecule has 0 aromatic rings. The van der Waals surface area contributed by atoms with Crippen molar-refractivity contribution < 1.29 is 9.16 Å². The lowest BCUT2D eigenvalue weighted by molar-refractivity contribution is 0.00432. The molecule has 2 nitrogen and oxygen atoms in total. The van der Waals surface area contributed by atoms with Gasteiger partial charge in [-0.2, -0.15) is 0 Å². The summed E-state index contributed by atoms with van der Waals surface area (Å²) in [4.78, 5) is 0. The zero-order chi connectivity index (χ0) is 15.1. The average molecular weight is 282 g/mol. The Morgan fingerprint density at radius 2 is 1.95 bits per heavy atom. The highest BCUT2D eigenvalue weighted by molar-refractivity contribution is 6.74. The van der Waals surface area contributed by atoms with Crippen LogP contribution in [0.4, 0.5) is 0 Å². The summed E-state index contributed by atoms with van der Waals surface area (Å²) in [6.07, 6.45) is 3.11. The van der Waals surface area contributed by atoms with Crippen LogP contribution in [-0.4, -0.2) is 33.9 Å². The molecule has 1 aliphatic rings. The van der Waals surface area contributed by atoms with Crippen molar-refractivity contribution in [3.05, 3.63) is 12.7 Å². The average Bonchev–Trinajstić information content (AvgIpc) is 2.52. The van der Waals surface area contributed by atoms with E-state index in [1.54, 1.807) is 0 Å². The molecule has 1 heterocycles. The lowest BCUT2D eigenvalue weighted by Crippen LogP contribution is -2.48. The molecule has 0 N–H and O–H groups in total.